The van der Waals surface area contributed by atoms with Gasteiger partial charge in [-0.05, 0) is 70.4 Å². The van der Waals surface area contributed by atoms with E-state index in [1.165, 1.54) is 0 Å². The first-order chi connectivity index (χ1) is 11.1. The average molecular weight is 418 g/mol. The number of hydrogen-bond acceptors (Lipinski definition) is 3. The predicted octanol–water partition coefficient (Wildman–Crippen LogP) is 2.82. The van der Waals surface area contributed by atoms with E-state index in [4.69, 9.17) is 0 Å². The highest BCUT2D eigenvalue weighted by atomic mass is 127. The number of hydrazone groups is 1. The Labute approximate surface area is 147 Å². The number of carbonyl (C=O) groups excluding carboxylic acids is 2. The van der Waals surface area contributed by atoms with Crippen LogP contribution in [0.15, 0.2) is 41.5 Å². The predicted molar refractivity (Wildman–Crippen MR) is 93.4 cm³/mol. The van der Waals surface area contributed by atoms with E-state index in [-0.39, 0.29) is 40.9 Å². The summed E-state index contributed by atoms with van der Waals surface area (Å²) in [7, 11) is 0. The molecule has 23 heavy (non-hydrogen) atoms. The third-order valence-corrected chi connectivity index (χ3v) is 6.67. The van der Waals surface area contributed by atoms with Crippen molar-refractivity contribution in [1.29, 1.82) is 0 Å². The molecule has 1 heterocycles. The molecular formula is C18H15IN2O2. The van der Waals surface area contributed by atoms with Crippen molar-refractivity contribution >= 4 is 40.6 Å². The molecule has 0 aromatic heterocycles. The van der Waals surface area contributed by atoms with Gasteiger partial charge in [0.05, 0.1) is 18.1 Å². The first-order valence-electron chi connectivity index (χ1n) is 7.97. The van der Waals surface area contributed by atoms with E-state index in [0.29, 0.717) is 0 Å². The van der Waals surface area contributed by atoms with E-state index in [0.717, 1.165) is 27.0 Å². The highest BCUT2D eigenvalue weighted by Crippen LogP contribution is 2.73. The van der Waals surface area contributed by atoms with Crippen molar-refractivity contribution in [2.75, 3.05) is 0 Å². The van der Waals surface area contributed by atoms with E-state index in [1.54, 1.807) is 6.21 Å². The highest BCUT2D eigenvalue weighted by Gasteiger charge is 2.73. The van der Waals surface area contributed by atoms with Crippen LogP contribution in [0.4, 0.5) is 0 Å². The van der Waals surface area contributed by atoms with E-state index < -0.39 is 0 Å². The maximum atomic E-state index is 12.7. The summed E-state index contributed by atoms with van der Waals surface area (Å²) in [5, 5.41) is 5.34. The first-order valence-corrected chi connectivity index (χ1v) is 9.05. The Morgan fingerprint density at radius 1 is 1.13 bits per heavy atom. The molecule has 0 N–H and O–H groups in total. The van der Waals surface area contributed by atoms with Gasteiger partial charge >= 0.3 is 0 Å². The summed E-state index contributed by atoms with van der Waals surface area (Å²) >= 11 is 2.23. The van der Waals surface area contributed by atoms with Crippen molar-refractivity contribution in [2.24, 2.45) is 34.2 Å². The highest BCUT2D eigenvalue weighted by molar-refractivity contribution is 14.1. The molecular weight excluding hydrogens is 403 g/mol. The number of nitrogens with zero attached hydrogens (tertiary/aromatic N) is 2. The molecule has 2 bridgehead atoms. The summed E-state index contributed by atoms with van der Waals surface area (Å²) in [5.41, 5.74) is 1.14. The van der Waals surface area contributed by atoms with Crippen LogP contribution in [0.25, 0.3) is 0 Å². The van der Waals surface area contributed by atoms with Crippen molar-refractivity contribution < 1.29 is 9.59 Å². The van der Waals surface area contributed by atoms with Gasteiger partial charge in [0.1, 0.15) is 0 Å². The zero-order chi connectivity index (χ0) is 15.8. The zero-order valence-electron chi connectivity index (χ0n) is 12.4. The number of imide groups is 1. The molecule has 1 aromatic rings. The van der Waals surface area contributed by atoms with Crippen molar-refractivity contribution in [3.8, 4) is 0 Å². The van der Waals surface area contributed by atoms with Crippen LogP contribution in [-0.4, -0.2) is 23.0 Å². The number of benzene rings is 1. The number of hydrogen-bond donors (Lipinski definition) is 0. The van der Waals surface area contributed by atoms with Gasteiger partial charge in [0, 0.05) is 3.57 Å². The lowest BCUT2D eigenvalue weighted by molar-refractivity contribution is -0.141. The van der Waals surface area contributed by atoms with Crippen LogP contribution in [0.2, 0.25) is 0 Å². The summed E-state index contributed by atoms with van der Waals surface area (Å²) in [6.45, 7) is 0. The van der Waals surface area contributed by atoms with Gasteiger partial charge in [0.15, 0.2) is 0 Å². The fourth-order valence-electron chi connectivity index (χ4n) is 4.89. The Balaban J connectivity index is 1.44. The lowest BCUT2D eigenvalue weighted by Crippen LogP contribution is -2.30. The molecule has 1 saturated heterocycles. The summed E-state index contributed by atoms with van der Waals surface area (Å²) in [6.07, 6.45) is 8.29. The number of rotatable bonds is 2. The van der Waals surface area contributed by atoms with Crippen LogP contribution >= 0.6 is 22.6 Å². The molecule has 5 heteroatoms. The summed E-state index contributed by atoms with van der Waals surface area (Å²) < 4.78 is 1.10. The van der Waals surface area contributed by atoms with Crippen molar-refractivity contribution in [3.05, 3.63) is 45.6 Å². The largest absolute Gasteiger partial charge is 0.272 e. The molecule has 0 unspecified atom stereocenters. The van der Waals surface area contributed by atoms with Crippen LogP contribution in [0.1, 0.15) is 18.4 Å². The molecule has 1 spiro atoms. The number of fused-ring (bicyclic) bond motifs is 3. The minimum absolute atomic E-state index is 0.106. The molecule has 116 valence electrons. The van der Waals surface area contributed by atoms with Crippen LogP contribution in [0, 0.1) is 32.7 Å². The minimum Gasteiger partial charge on any atom is -0.272 e. The van der Waals surface area contributed by atoms with Crippen LogP contribution < -0.4 is 0 Å². The second-order valence-electron chi connectivity index (χ2n) is 7.01. The standard InChI is InChI=1S/C18H15IN2O2/c19-11-3-1-2-10(8-11)9-20-21-16(22)14-12-4-5-13(15(14)17(21)23)18(12)6-7-18/h1-5,8-9,12-15H,6-7H2/b20-9-/t12-,13-,14-,15+/m0/s1. The Morgan fingerprint density at radius 2 is 1.78 bits per heavy atom. The second-order valence-corrected chi connectivity index (χ2v) is 8.25. The normalized spacial score (nSPS) is 35.8. The maximum Gasteiger partial charge on any atom is 0.254 e. The number of halogens is 1. The fraction of sp³-hybridized carbons (Fsp3) is 0.389. The van der Waals surface area contributed by atoms with Gasteiger partial charge in [-0.3, -0.25) is 9.59 Å². The topological polar surface area (TPSA) is 49.7 Å². The molecule has 5 rings (SSSR count). The Bertz CT molecular complexity index is 762. The SMILES string of the molecule is O=C1[C@@H]2[C@H](C(=O)N1/N=C\c1cccc(I)c1)[C@@H]1C=C[C@@H]2C12CC2. The zero-order valence-corrected chi connectivity index (χ0v) is 14.5. The Hall–Kier alpha value is -1.50. The van der Waals surface area contributed by atoms with Gasteiger partial charge in [0.25, 0.3) is 11.8 Å². The van der Waals surface area contributed by atoms with Gasteiger partial charge in [-0.15, -0.1) is 0 Å². The lowest BCUT2D eigenvalue weighted by Gasteiger charge is -2.18. The molecule has 4 aliphatic rings. The second kappa shape index (κ2) is 4.53. The molecule has 3 fully saturated rings. The van der Waals surface area contributed by atoms with E-state index in [2.05, 4.69) is 39.8 Å². The van der Waals surface area contributed by atoms with E-state index >= 15 is 0 Å². The van der Waals surface area contributed by atoms with Crippen LogP contribution in [-0.2, 0) is 9.59 Å². The molecule has 4 nitrogen and oxygen atoms in total. The average Bonchev–Trinajstić information content (AvgIpc) is 3.13. The molecule has 0 radical (unpaired) electrons. The van der Waals surface area contributed by atoms with Gasteiger partial charge in [0.2, 0.25) is 0 Å². The number of allylic oxidation sites excluding steroid dienone is 2. The Morgan fingerprint density at radius 3 is 2.35 bits per heavy atom. The minimum atomic E-state index is -0.173. The quantitative estimate of drug-likeness (QED) is 0.321. The number of amides is 2. The van der Waals surface area contributed by atoms with Gasteiger partial charge < -0.3 is 0 Å². The van der Waals surface area contributed by atoms with Gasteiger partial charge in [-0.1, -0.05) is 24.3 Å². The van der Waals surface area contributed by atoms with E-state index in [9.17, 15) is 9.59 Å². The monoisotopic (exact) mass is 418 g/mol. The summed E-state index contributed by atoms with van der Waals surface area (Å²) in [4.78, 5) is 25.5. The molecule has 4 atom stereocenters. The third-order valence-electron chi connectivity index (χ3n) is 6.00. The first kappa shape index (κ1) is 13.9. The van der Waals surface area contributed by atoms with Crippen molar-refractivity contribution in [1.82, 2.24) is 5.01 Å². The van der Waals surface area contributed by atoms with Crippen molar-refractivity contribution in [3.63, 3.8) is 0 Å². The summed E-state index contributed by atoms with van der Waals surface area (Å²) in [6, 6.07) is 7.82. The molecule has 2 saturated carbocycles. The van der Waals surface area contributed by atoms with E-state index in [1.807, 2.05) is 24.3 Å². The smallest absolute Gasteiger partial charge is 0.254 e. The number of carbonyl (C=O) groups is 2. The van der Waals surface area contributed by atoms with Crippen LogP contribution in [0.3, 0.4) is 0 Å². The third kappa shape index (κ3) is 1.74. The molecule has 2 amide bonds. The molecule has 3 aliphatic carbocycles. The summed E-state index contributed by atoms with van der Waals surface area (Å²) in [5.74, 6) is -0.0465. The Kier molecular flexibility index (Phi) is 2.73. The maximum absolute atomic E-state index is 12.7. The van der Waals surface area contributed by atoms with Gasteiger partial charge in [-0.25, -0.2) is 0 Å². The molecule has 1 aliphatic heterocycles. The molecule has 1 aromatic carbocycles. The van der Waals surface area contributed by atoms with Gasteiger partial charge in [-0.2, -0.15) is 10.1 Å². The van der Waals surface area contributed by atoms with Crippen molar-refractivity contribution in [2.45, 2.75) is 12.8 Å². The fourth-order valence-corrected chi connectivity index (χ4v) is 5.46. The van der Waals surface area contributed by atoms with Crippen LogP contribution in [0.5, 0.6) is 0 Å². The lowest BCUT2D eigenvalue weighted by atomic mass is 9.85.